The van der Waals surface area contributed by atoms with Gasteiger partial charge in [0, 0.05) is 5.41 Å². The molecule has 0 radical (unpaired) electrons. The largest absolute Gasteiger partial charge is 0.432 e. The quantitative estimate of drug-likeness (QED) is 0.280. The van der Waals surface area contributed by atoms with Crippen molar-refractivity contribution in [2.45, 2.75) is 102 Å². The SMILES string of the molecule is C=C1C(=O)[C@@]23CC[C@@H]4[C@](C)(C(=O)O[C@@H]5O[C@H](CO)[C@@H](O)[C@H](O)[C@H]5O)CCC[C@@]4(C)[C@@]2(O)CC[C@H]1C3. The average molecular weight is 495 g/mol. The minimum absolute atomic E-state index is 0.0154. The molecular formula is C26H38O9. The summed E-state index contributed by atoms with van der Waals surface area (Å²) in [5.41, 5.74) is -3.18. The number of rotatable bonds is 3. The van der Waals surface area contributed by atoms with Gasteiger partial charge < -0.3 is 35.0 Å². The fourth-order valence-corrected chi connectivity index (χ4v) is 8.69. The first-order valence-corrected chi connectivity index (χ1v) is 12.8. The summed E-state index contributed by atoms with van der Waals surface area (Å²) >= 11 is 0. The Labute approximate surface area is 205 Å². The van der Waals surface area contributed by atoms with Crippen LogP contribution >= 0.6 is 0 Å². The zero-order chi connectivity index (χ0) is 25.6. The molecule has 196 valence electrons. The average Bonchev–Trinajstić information content (AvgIpc) is 3.03. The van der Waals surface area contributed by atoms with E-state index in [1.165, 1.54) is 0 Å². The Kier molecular flexibility index (Phi) is 5.83. The van der Waals surface area contributed by atoms with E-state index in [9.17, 15) is 35.1 Å². The molecule has 0 aromatic carbocycles. The number of Topliss-reactive ketones (excluding diaryl/α,β-unsaturated/α-hetero) is 1. The number of carbonyl (C=O) groups excluding carboxylic acids is 2. The summed E-state index contributed by atoms with van der Waals surface area (Å²) in [5.74, 6) is -0.782. The van der Waals surface area contributed by atoms with Crippen molar-refractivity contribution in [2.75, 3.05) is 6.61 Å². The molecule has 4 aliphatic carbocycles. The Balaban J connectivity index is 1.44. The summed E-state index contributed by atoms with van der Waals surface area (Å²) in [7, 11) is 0. The molecule has 2 bridgehead atoms. The Morgan fingerprint density at radius 1 is 1.09 bits per heavy atom. The molecule has 5 N–H and O–H groups in total. The van der Waals surface area contributed by atoms with Crippen LogP contribution in [-0.2, 0) is 19.1 Å². The number of allylic oxidation sites excluding steroid dienone is 1. The van der Waals surface area contributed by atoms with Crippen LogP contribution in [0.1, 0.15) is 65.2 Å². The van der Waals surface area contributed by atoms with Crippen molar-refractivity contribution in [1.82, 2.24) is 0 Å². The third-order valence-electron chi connectivity index (χ3n) is 10.7. The number of hydrogen-bond donors (Lipinski definition) is 5. The maximum Gasteiger partial charge on any atom is 0.314 e. The zero-order valence-corrected chi connectivity index (χ0v) is 20.5. The molecule has 1 spiro atoms. The number of carbonyl (C=O) groups is 2. The van der Waals surface area contributed by atoms with Crippen LogP contribution in [0.25, 0.3) is 0 Å². The predicted molar refractivity (Wildman–Crippen MR) is 122 cm³/mol. The van der Waals surface area contributed by atoms with Crippen molar-refractivity contribution in [3.05, 3.63) is 12.2 Å². The molecule has 35 heavy (non-hydrogen) atoms. The molecule has 0 unspecified atom stereocenters. The normalized spacial score (nSPS) is 53.6. The summed E-state index contributed by atoms with van der Waals surface area (Å²) in [5, 5.41) is 52.3. The summed E-state index contributed by atoms with van der Waals surface area (Å²) in [6, 6.07) is 0. The smallest absolute Gasteiger partial charge is 0.314 e. The van der Waals surface area contributed by atoms with E-state index in [1.807, 2.05) is 13.8 Å². The molecule has 0 aromatic heterocycles. The number of ether oxygens (including phenoxy) is 2. The third kappa shape index (κ3) is 3.09. The van der Waals surface area contributed by atoms with Gasteiger partial charge in [-0.05, 0) is 69.3 Å². The third-order valence-corrected chi connectivity index (χ3v) is 10.7. The molecule has 11 atom stereocenters. The molecule has 9 nitrogen and oxygen atoms in total. The van der Waals surface area contributed by atoms with Gasteiger partial charge in [0.15, 0.2) is 5.78 Å². The van der Waals surface area contributed by atoms with E-state index >= 15 is 0 Å². The van der Waals surface area contributed by atoms with E-state index in [1.54, 1.807) is 0 Å². The van der Waals surface area contributed by atoms with Crippen LogP contribution in [0.15, 0.2) is 12.2 Å². The van der Waals surface area contributed by atoms with Gasteiger partial charge in [-0.25, -0.2) is 0 Å². The Bertz CT molecular complexity index is 934. The first kappa shape index (κ1) is 25.3. The van der Waals surface area contributed by atoms with Gasteiger partial charge in [0.25, 0.3) is 0 Å². The second kappa shape index (κ2) is 8.07. The van der Waals surface area contributed by atoms with E-state index in [0.717, 1.165) is 0 Å². The van der Waals surface area contributed by atoms with Crippen LogP contribution in [0, 0.1) is 28.1 Å². The molecule has 4 saturated carbocycles. The number of ketones is 1. The lowest BCUT2D eigenvalue weighted by atomic mass is 9.38. The van der Waals surface area contributed by atoms with Gasteiger partial charge in [-0.1, -0.05) is 19.9 Å². The van der Waals surface area contributed by atoms with Gasteiger partial charge in [-0.15, -0.1) is 0 Å². The van der Waals surface area contributed by atoms with Crippen molar-refractivity contribution in [3.8, 4) is 0 Å². The van der Waals surface area contributed by atoms with Gasteiger partial charge in [-0.2, -0.15) is 0 Å². The minimum Gasteiger partial charge on any atom is -0.432 e. The van der Waals surface area contributed by atoms with Gasteiger partial charge in [0.05, 0.1) is 23.0 Å². The van der Waals surface area contributed by atoms with Crippen LogP contribution in [0.4, 0.5) is 0 Å². The number of fused-ring (bicyclic) bond motifs is 3. The number of aliphatic hydroxyl groups is 5. The van der Waals surface area contributed by atoms with E-state index in [2.05, 4.69) is 6.58 Å². The maximum atomic E-state index is 13.7. The van der Waals surface area contributed by atoms with Crippen LogP contribution in [0.5, 0.6) is 0 Å². The summed E-state index contributed by atoms with van der Waals surface area (Å²) in [6.45, 7) is 7.24. The lowest BCUT2D eigenvalue weighted by molar-refractivity contribution is -0.300. The summed E-state index contributed by atoms with van der Waals surface area (Å²) in [6.07, 6.45) is -2.86. The van der Waals surface area contributed by atoms with E-state index < -0.39 is 65.1 Å². The van der Waals surface area contributed by atoms with E-state index in [4.69, 9.17) is 9.47 Å². The monoisotopic (exact) mass is 494 g/mol. The van der Waals surface area contributed by atoms with Crippen molar-refractivity contribution in [2.24, 2.45) is 28.1 Å². The van der Waals surface area contributed by atoms with Crippen molar-refractivity contribution >= 4 is 11.8 Å². The summed E-state index contributed by atoms with van der Waals surface area (Å²) in [4.78, 5) is 27.1. The van der Waals surface area contributed by atoms with Crippen molar-refractivity contribution in [1.29, 1.82) is 0 Å². The van der Waals surface area contributed by atoms with Crippen molar-refractivity contribution in [3.63, 3.8) is 0 Å². The van der Waals surface area contributed by atoms with E-state index in [0.29, 0.717) is 56.9 Å². The Hall–Kier alpha value is -1.36. The molecule has 5 fully saturated rings. The van der Waals surface area contributed by atoms with Crippen LogP contribution in [-0.4, -0.2) is 80.2 Å². The van der Waals surface area contributed by atoms with Gasteiger partial charge in [-0.3, -0.25) is 9.59 Å². The molecular weight excluding hydrogens is 456 g/mol. The lowest BCUT2D eigenvalue weighted by Crippen LogP contribution is -2.70. The lowest BCUT2D eigenvalue weighted by Gasteiger charge is -2.66. The van der Waals surface area contributed by atoms with Gasteiger partial charge >= 0.3 is 5.97 Å². The van der Waals surface area contributed by atoms with Crippen LogP contribution < -0.4 is 0 Å². The highest BCUT2D eigenvalue weighted by molar-refractivity contribution is 6.04. The fraction of sp³-hybridized carbons (Fsp3) is 0.846. The molecule has 9 heteroatoms. The number of esters is 1. The highest BCUT2D eigenvalue weighted by Crippen LogP contribution is 2.73. The Morgan fingerprint density at radius 3 is 2.49 bits per heavy atom. The molecule has 5 aliphatic rings. The molecule has 1 heterocycles. The standard InChI is InChI=1S/C26H38O9/c1-13-14-5-10-26(33)24(3)8-4-7-23(2,16(24)6-9-25(26,11-14)20(13)31)22(32)35-21-19(30)18(29)17(28)15(12-27)34-21/h14-19,21,27-30,33H,1,4-12H2,2-3H3/t14-,15+,16+,17+,18-,19+,21-,23+,24+,25-,26-/m0/s1. The molecule has 1 saturated heterocycles. The zero-order valence-electron chi connectivity index (χ0n) is 20.5. The minimum atomic E-state index is -1.67. The van der Waals surface area contributed by atoms with Crippen LogP contribution in [0.3, 0.4) is 0 Å². The maximum absolute atomic E-state index is 13.7. The van der Waals surface area contributed by atoms with Gasteiger partial charge in [0.2, 0.25) is 6.29 Å². The second-order valence-corrected chi connectivity index (χ2v) is 12.1. The first-order valence-electron chi connectivity index (χ1n) is 12.8. The number of hydrogen-bond acceptors (Lipinski definition) is 9. The second-order valence-electron chi connectivity index (χ2n) is 12.1. The Morgan fingerprint density at radius 2 is 1.80 bits per heavy atom. The highest BCUT2D eigenvalue weighted by atomic mass is 16.7. The first-order chi connectivity index (χ1) is 16.4. The molecule has 0 aromatic rings. The number of aliphatic hydroxyl groups excluding tert-OH is 4. The molecule has 1 aliphatic heterocycles. The van der Waals surface area contributed by atoms with Crippen LogP contribution in [0.2, 0.25) is 0 Å². The topological polar surface area (TPSA) is 154 Å². The molecule has 5 rings (SSSR count). The summed E-state index contributed by atoms with van der Waals surface area (Å²) < 4.78 is 11.0. The van der Waals surface area contributed by atoms with Gasteiger partial charge in [0.1, 0.15) is 24.4 Å². The fourth-order valence-electron chi connectivity index (χ4n) is 8.69. The molecule has 0 amide bonds. The van der Waals surface area contributed by atoms with Crippen molar-refractivity contribution < 1.29 is 44.6 Å². The highest BCUT2D eigenvalue weighted by Gasteiger charge is 2.75. The predicted octanol–water partition coefficient (Wildman–Crippen LogP) is 0.592. The van der Waals surface area contributed by atoms with E-state index in [-0.39, 0.29) is 17.6 Å².